The number of rotatable bonds is 4. The van der Waals surface area contributed by atoms with E-state index in [2.05, 4.69) is 36.7 Å². The highest BCUT2D eigenvalue weighted by atomic mass is 79.9. The quantitative estimate of drug-likeness (QED) is 0.307. The SMILES string of the molecule is Cc1cc2c(c(Br)c1C(F)(F)F)NCCC[C@@H]2N(Cc1cc(C(F)(F)F)cc(C(F)(F)F)c1)c1nnn(C)n1. The third kappa shape index (κ3) is 6.09. The first-order valence-electron chi connectivity index (χ1n) is 11.4. The van der Waals surface area contributed by atoms with E-state index in [-0.39, 0.29) is 46.3 Å². The highest BCUT2D eigenvalue weighted by Gasteiger charge is 2.40. The summed E-state index contributed by atoms with van der Waals surface area (Å²) in [4.78, 5) is 2.41. The third-order valence-corrected chi connectivity index (χ3v) is 7.02. The Labute approximate surface area is 224 Å². The number of halogens is 10. The van der Waals surface area contributed by atoms with Crippen molar-refractivity contribution in [3.63, 3.8) is 0 Å². The number of aryl methyl sites for hydroxylation is 2. The highest BCUT2D eigenvalue weighted by Crippen LogP contribution is 2.47. The Kier molecular flexibility index (Phi) is 7.55. The number of hydrogen-bond donors (Lipinski definition) is 1. The van der Waals surface area contributed by atoms with Crippen molar-refractivity contribution in [2.45, 2.75) is 50.9 Å². The van der Waals surface area contributed by atoms with Crippen molar-refractivity contribution >= 4 is 27.6 Å². The molecule has 0 spiro atoms. The third-order valence-electron chi connectivity index (χ3n) is 6.22. The fraction of sp³-hybridized carbons (Fsp3) is 0.435. The number of fused-ring (bicyclic) bond motifs is 1. The molecule has 4 rings (SSSR count). The van der Waals surface area contributed by atoms with Gasteiger partial charge in [-0.05, 0) is 75.8 Å². The van der Waals surface area contributed by atoms with E-state index in [0.29, 0.717) is 24.1 Å². The van der Waals surface area contributed by atoms with Gasteiger partial charge in [-0.2, -0.15) is 44.3 Å². The average molecular weight is 631 g/mol. The molecule has 3 aromatic rings. The maximum atomic E-state index is 13.8. The first-order chi connectivity index (χ1) is 18.0. The van der Waals surface area contributed by atoms with Gasteiger partial charge in [-0.1, -0.05) is 11.2 Å². The van der Waals surface area contributed by atoms with Crippen LogP contribution in [0.3, 0.4) is 0 Å². The van der Waals surface area contributed by atoms with Crippen molar-refractivity contribution in [3.05, 3.63) is 62.1 Å². The first-order valence-corrected chi connectivity index (χ1v) is 12.2. The standard InChI is InChI=1S/C23H20BrF9N6/c1-11-6-15-16(4-3-5-34-19(15)18(24)17(11)23(31,32)33)39(20-35-37-38(2)36-20)10-12-7-13(21(25,26)27)9-14(8-12)22(28,29)30/h6-9,16,34H,3-5,10H2,1-2H3/t16-/m0/s1. The Morgan fingerprint density at radius 1 is 0.974 bits per heavy atom. The van der Waals surface area contributed by atoms with Crippen LogP contribution in [0.1, 0.15) is 52.3 Å². The van der Waals surface area contributed by atoms with Gasteiger partial charge in [0.25, 0.3) is 5.95 Å². The summed E-state index contributed by atoms with van der Waals surface area (Å²) in [6.45, 7) is 1.02. The Balaban J connectivity index is 1.89. The van der Waals surface area contributed by atoms with Crippen molar-refractivity contribution in [2.24, 2.45) is 7.05 Å². The molecule has 1 N–H and O–H groups in total. The summed E-state index contributed by atoms with van der Waals surface area (Å²) >= 11 is 3.06. The van der Waals surface area contributed by atoms with E-state index in [4.69, 9.17) is 0 Å². The molecule has 0 saturated carbocycles. The van der Waals surface area contributed by atoms with E-state index < -0.39 is 47.8 Å². The molecule has 39 heavy (non-hydrogen) atoms. The lowest BCUT2D eigenvalue weighted by molar-refractivity contribution is -0.143. The van der Waals surface area contributed by atoms with Crippen LogP contribution >= 0.6 is 15.9 Å². The van der Waals surface area contributed by atoms with Crippen molar-refractivity contribution in [1.82, 2.24) is 20.2 Å². The fourth-order valence-electron chi connectivity index (χ4n) is 4.60. The Morgan fingerprint density at radius 3 is 2.10 bits per heavy atom. The van der Waals surface area contributed by atoms with Crippen LogP contribution < -0.4 is 10.2 Å². The minimum Gasteiger partial charge on any atom is -0.384 e. The van der Waals surface area contributed by atoms with Crippen LogP contribution in [0.25, 0.3) is 0 Å². The monoisotopic (exact) mass is 630 g/mol. The molecule has 1 aromatic heterocycles. The van der Waals surface area contributed by atoms with Crippen LogP contribution in [0.15, 0.2) is 28.7 Å². The molecule has 0 amide bonds. The lowest BCUT2D eigenvalue weighted by atomic mass is 9.94. The summed E-state index contributed by atoms with van der Waals surface area (Å²) in [5.41, 5.74) is -3.87. The van der Waals surface area contributed by atoms with Crippen molar-refractivity contribution in [2.75, 3.05) is 16.8 Å². The molecule has 0 fully saturated rings. The zero-order valence-electron chi connectivity index (χ0n) is 20.2. The van der Waals surface area contributed by atoms with E-state index in [0.717, 1.165) is 4.80 Å². The van der Waals surface area contributed by atoms with Crippen molar-refractivity contribution < 1.29 is 39.5 Å². The lowest BCUT2D eigenvalue weighted by Gasteiger charge is -2.32. The Morgan fingerprint density at radius 2 is 1.59 bits per heavy atom. The number of anilines is 2. The van der Waals surface area contributed by atoms with Crippen LogP contribution in [0.5, 0.6) is 0 Å². The molecular weight excluding hydrogens is 611 g/mol. The van der Waals surface area contributed by atoms with Gasteiger partial charge >= 0.3 is 18.5 Å². The summed E-state index contributed by atoms with van der Waals surface area (Å²) in [5, 5.41) is 14.7. The predicted molar refractivity (Wildman–Crippen MR) is 126 cm³/mol. The molecular formula is C23H20BrF9N6. The Bertz CT molecular complexity index is 1330. The topological polar surface area (TPSA) is 58.9 Å². The van der Waals surface area contributed by atoms with Crippen LogP contribution in [0.2, 0.25) is 0 Å². The maximum Gasteiger partial charge on any atom is 0.417 e. The minimum absolute atomic E-state index is 0.0262. The van der Waals surface area contributed by atoms with Gasteiger partial charge in [0, 0.05) is 13.1 Å². The second-order valence-corrected chi connectivity index (χ2v) is 9.84. The molecule has 212 valence electrons. The summed E-state index contributed by atoms with van der Waals surface area (Å²) in [5.74, 6) is -0.116. The van der Waals surface area contributed by atoms with E-state index >= 15 is 0 Å². The van der Waals surface area contributed by atoms with Gasteiger partial charge in [-0.15, -0.1) is 5.10 Å². The molecule has 0 saturated heterocycles. The van der Waals surface area contributed by atoms with Gasteiger partial charge in [-0.3, -0.25) is 0 Å². The summed E-state index contributed by atoms with van der Waals surface area (Å²) < 4.78 is 122. The van der Waals surface area contributed by atoms with Crippen LogP contribution in [0.4, 0.5) is 51.1 Å². The van der Waals surface area contributed by atoms with Crippen molar-refractivity contribution in [3.8, 4) is 0 Å². The maximum absolute atomic E-state index is 13.8. The summed E-state index contributed by atoms with van der Waals surface area (Å²) in [7, 11) is 1.42. The van der Waals surface area contributed by atoms with Crippen LogP contribution in [-0.2, 0) is 32.1 Å². The van der Waals surface area contributed by atoms with E-state index in [1.165, 1.54) is 24.9 Å². The van der Waals surface area contributed by atoms with Gasteiger partial charge in [-0.25, -0.2) is 0 Å². The van der Waals surface area contributed by atoms with Gasteiger partial charge in [0.15, 0.2) is 0 Å². The van der Waals surface area contributed by atoms with E-state index in [9.17, 15) is 39.5 Å². The van der Waals surface area contributed by atoms with Crippen LogP contribution in [0, 0.1) is 6.92 Å². The molecule has 1 aliphatic rings. The molecule has 1 aliphatic heterocycles. The number of benzene rings is 2. The second-order valence-electron chi connectivity index (χ2n) is 9.05. The number of nitrogens with one attached hydrogen (secondary N) is 1. The molecule has 6 nitrogen and oxygen atoms in total. The van der Waals surface area contributed by atoms with Crippen LogP contribution in [-0.4, -0.2) is 26.8 Å². The largest absolute Gasteiger partial charge is 0.417 e. The zero-order valence-corrected chi connectivity index (χ0v) is 21.8. The van der Waals surface area contributed by atoms with Crippen molar-refractivity contribution in [1.29, 1.82) is 0 Å². The normalized spacial score (nSPS) is 16.5. The minimum atomic E-state index is -5.06. The molecule has 0 unspecified atom stereocenters. The first kappa shape index (κ1) is 29.0. The van der Waals surface area contributed by atoms with Gasteiger partial charge < -0.3 is 10.2 Å². The molecule has 16 heteroatoms. The Hall–Kier alpha value is -3.04. The number of hydrogen-bond acceptors (Lipinski definition) is 5. The molecule has 1 atom stereocenters. The number of nitrogens with zero attached hydrogens (tertiary/aromatic N) is 5. The van der Waals surface area contributed by atoms with Gasteiger partial charge in [0.1, 0.15) is 0 Å². The molecule has 0 radical (unpaired) electrons. The summed E-state index contributed by atoms with van der Waals surface area (Å²) in [6.07, 6.45) is -14.1. The second kappa shape index (κ2) is 10.2. The summed E-state index contributed by atoms with van der Waals surface area (Å²) in [6, 6.07) is 1.71. The average Bonchev–Trinajstić information content (AvgIpc) is 3.11. The number of alkyl halides is 9. The molecule has 0 bridgehead atoms. The predicted octanol–water partition coefficient (Wildman–Crippen LogP) is 7.29. The molecule has 0 aliphatic carbocycles. The molecule has 2 heterocycles. The van der Waals surface area contributed by atoms with E-state index in [1.807, 2.05) is 0 Å². The smallest absolute Gasteiger partial charge is 0.384 e. The number of aromatic nitrogens is 4. The number of tetrazole rings is 1. The van der Waals surface area contributed by atoms with E-state index in [1.54, 1.807) is 0 Å². The highest BCUT2D eigenvalue weighted by molar-refractivity contribution is 9.10. The molecule has 2 aromatic carbocycles. The zero-order chi connectivity index (χ0) is 28.9. The fourth-order valence-corrected chi connectivity index (χ4v) is 5.50. The van der Waals surface area contributed by atoms with Gasteiger partial charge in [0.05, 0.1) is 39.9 Å². The van der Waals surface area contributed by atoms with Gasteiger partial charge in [0.2, 0.25) is 0 Å². The lowest BCUT2D eigenvalue weighted by Crippen LogP contribution is -2.30.